The summed E-state index contributed by atoms with van der Waals surface area (Å²) in [7, 11) is 1.62. The minimum atomic E-state index is -0.985. The average molecular weight is 423 g/mol. The minimum absolute atomic E-state index is 0.129. The number of carbonyl (C=O) groups is 1. The number of anilines is 1. The second-order valence-electron chi connectivity index (χ2n) is 6.77. The molecule has 148 valence electrons. The van der Waals surface area contributed by atoms with Gasteiger partial charge in [0.25, 0.3) is 5.56 Å². The summed E-state index contributed by atoms with van der Waals surface area (Å²) in [5.74, 6) is -0.985. The number of aromatic nitrogens is 3. The normalized spacial score (nSPS) is 20.0. The van der Waals surface area contributed by atoms with Crippen molar-refractivity contribution in [2.45, 2.75) is 25.5 Å². The molecule has 0 unspecified atom stereocenters. The van der Waals surface area contributed by atoms with E-state index in [2.05, 4.69) is 9.97 Å². The quantitative estimate of drug-likeness (QED) is 0.670. The Bertz CT molecular complexity index is 1100. The Balaban J connectivity index is 1.63. The van der Waals surface area contributed by atoms with Gasteiger partial charge in [-0.05, 0) is 19.4 Å². The van der Waals surface area contributed by atoms with E-state index in [1.165, 1.54) is 6.20 Å². The molecule has 0 radical (unpaired) electrons. The highest BCUT2D eigenvalue weighted by Gasteiger charge is 2.33. The summed E-state index contributed by atoms with van der Waals surface area (Å²) in [5, 5.41) is 11.0. The molecule has 2 atom stereocenters. The number of halogens is 1. The zero-order valence-electron chi connectivity index (χ0n) is 15.3. The fourth-order valence-corrected chi connectivity index (χ4v) is 4.69. The molecule has 3 aromatic rings. The van der Waals surface area contributed by atoms with Crippen LogP contribution in [0.2, 0.25) is 5.02 Å². The van der Waals surface area contributed by atoms with Gasteiger partial charge in [0.1, 0.15) is 10.4 Å². The van der Waals surface area contributed by atoms with Crippen LogP contribution in [-0.2, 0) is 4.74 Å². The SMILES string of the molecule is CO[C@H]1CN(c2ncc(C(=O)O)s2)CC[C@@H]1n1ccc2c(Cl)c(C)[nH]c2c1=O. The van der Waals surface area contributed by atoms with Gasteiger partial charge < -0.3 is 24.3 Å². The van der Waals surface area contributed by atoms with Gasteiger partial charge in [0.15, 0.2) is 5.13 Å². The number of nitrogens with one attached hydrogen (secondary N) is 1. The van der Waals surface area contributed by atoms with Gasteiger partial charge in [-0.2, -0.15) is 0 Å². The van der Waals surface area contributed by atoms with Crippen LogP contribution in [0.1, 0.15) is 27.8 Å². The van der Waals surface area contributed by atoms with Gasteiger partial charge >= 0.3 is 5.97 Å². The molecule has 4 rings (SSSR count). The van der Waals surface area contributed by atoms with Crippen LogP contribution >= 0.6 is 22.9 Å². The van der Waals surface area contributed by atoms with E-state index >= 15 is 0 Å². The maximum Gasteiger partial charge on any atom is 0.347 e. The van der Waals surface area contributed by atoms with Gasteiger partial charge in [0, 0.05) is 37.5 Å². The molecule has 0 bridgehead atoms. The molecule has 1 aliphatic rings. The third-order valence-corrected chi connectivity index (χ3v) is 6.69. The van der Waals surface area contributed by atoms with E-state index in [0.29, 0.717) is 35.2 Å². The Labute approximate surface area is 169 Å². The number of fused-ring (bicyclic) bond motifs is 1. The fourth-order valence-electron chi connectivity index (χ4n) is 3.70. The van der Waals surface area contributed by atoms with Crippen molar-refractivity contribution in [3.8, 4) is 0 Å². The number of methoxy groups -OCH3 is 1. The minimum Gasteiger partial charge on any atom is -0.477 e. The molecule has 0 spiro atoms. The number of ether oxygens (including phenoxy) is 1. The smallest absolute Gasteiger partial charge is 0.347 e. The Kier molecular flexibility index (Phi) is 4.90. The zero-order valence-corrected chi connectivity index (χ0v) is 16.9. The summed E-state index contributed by atoms with van der Waals surface area (Å²) >= 11 is 7.40. The topological polar surface area (TPSA) is 100 Å². The molecule has 0 amide bonds. The van der Waals surface area contributed by atoms with Crippen molar-refractivity contribution in [3.05, 3.63) is 44.4 Å². The van der Waals surface area contributed by atoms with Gasteiger partial charge in [-0.15, -0.1) is 0 Å². The molecule has 1 saturated heterocycles. The highest BCUT2D eigenvalue weighted by Crippen LogP contribution is 2.31. The van der Waals surface area contributed by atoms with Crippen LogP contribution in [0.15, 0.2) is 23.3 Å². The molecular weight excluding hydrogens is 404 g/mol. The lowest BCUT2D eigenvalue weighted by atomic mass is 10.0. The maximum absolute atomic E-state index is 13.0. The number of nitrogens with zero attached hydrogens (tertiary/aromatic N) is 3. The number of hydrogen-bond acceptors (Lipinski definition) is 6. The monoisotopic (exact) mass is 422 g/mol. The number of aromatic carboxylic acids is 1. The second-order valence-corrected chi connectivity index (χ2v) is 8.16. The number of carboxylic acids is 1. The molecule has 0 aliphatic carbocycles. The molecule has 1 aliphatic heterocycles. The first kappa shape index (κ1) is 19.0. The number of thiazole rings is 1. The van der Waals surface area contributed by atoms with Crippen LogP contribution in [0.25, 0.3) is 10.9 Å². The van der Waals surface area contributed by atoms with Crippen molar-refractivity contribution in [2.24, 2.45) is 0 Å². The largest absolute Gasteiger partial charge is 0.477 e. The fraction of sp³-hybridized carbons (Fsp3) is 0.389. The first-order chi connectivity index (χ1) is 13.4. The second kappa shape index (κ2) is 7.23. The Hall–Kier alpha value is -2.36. The number of aryl methyl sites for hydroxylation is 1. The van der Waals surface area contributed by atoms with Crippen LogP contribution in [0, 0.1) is 6.92 Å². The molecular formula is C18H19ClN4O4S. The third kappa shape index (κ3) is 3.09. The van der Waals surface area contributed by atoms with E-state index in [1.54, 1.807) is 17.9 Å². The van der Waals surface area contributed by atoms with Gasteiger partial charge in [0.2, 0.25) is 0 Å². The average Bonchev–Trinajstić information content (AvgIpc) is 3.29. The summed E-state index contributed by atoms with van der Waals surface area (Å²) in [4.78, 5) is 33.6. The number of rotatable bonds is 4. The highest BCUT2D eigenvalue weighted by molar-refractivity contribution is 7.17. The molecule has 10 heteroatoms. The lowest BCUT2D eigenvalue weighted by Crippen LogP contribution is -2.47. The first-order valence-corrected chi connectivity index (χ1v) is 9.96. The van der Waals surface area contributed by atoms with Crippen LogP contribution in [0.4, 0.5) is 5.13 Å². The predicted octanol–water partition coefficient (Wildman–Crippen LogP) is 2.91. The summed E-state index contributed by atoms with van der Waals surface area (Å²) in [6.45, 7) is 3.00. The van der Waals surface area contributed by atoms with Crippen LogP contribution < -0.4 is 10.5 Å². The Morgan fingerprint density at radius 3 is 2.96 bits per heavy atom. The van der Waals surface area contributed by atoms with E-state index in [4.69, 9.17) is 21.4 Å². The molecule has 8 nitrogen and oxygen atoms in total. The van der Waals surface area contributed by atoms with Crippen molar-refractivity contribution in [1.82, 2.24) is 14.5 Å². The predicted molar refractivity (Wildman–Crippen MR) is 108 cm³/mol. The van der Waals surface area contributed by atoms with Crippen LogP contribution in [-0.4, -0.2) is 51.9 Å². The summed E-state index contributed by atoms with van der Waals surface area (Å²) in [6.07, 6.45) is 3.56. The van der Waals surface area contributed by atoms with Gasteiger partial charge in [-0.1, -0.05) is 22.9 Å². The molecule has 4 heterocycles. The molecule has 0 saturated carbocycles. The van der Waals surface area contributed by atoms with E-state index in [-0.39, 0.29) is 22.6 Å². The number of carboxylic acid groups (broad SMARTS) is 1. The number of hydrogen-bond donors (Lipinski definition) is 2. The number of H-pyrrole nitrogens is 1. The Morgan fingerprint density at radius 2 is 2.29 bits per heavy atom. The van der Waals surface area contributed by atoms with Crippen LogP contribution in [0.3, 0.4) is 0 Å². The molecule has 3 aromatic heterocycles. The van der Waals surface area contributed by atoms with Gasteiger partial charge in [-0.25, -0.2) is 9.78 Å². The summed E-state index contributed by atoms with van der Waals surface area (Å²) in [6, 6.07) is 1.71. The highest BCUT2D eigenvalue weighted by atomic mass is 35.5. The summed E-state index contributed by atoms with van der Waals surface area (Å²) in [5.41, 5.74) is 1.13. The van der Waals surface area contributed by atoms with Crippen molar-refractivity contribution < 1.29 is 14.6 Å². The molecule has 2 N–H and O–H groups in total. The maximum atomic E-state index is 13.0. The molecule has 1 fully saturated rings. The number of aromatic amines is 1. The summed E-state index contributed by atoms with van der Waals surface area (Å²) < 4.78 is 7.38. The van der Waals surface area contributed by atoms with Crippen molar-refractivity contribution in [1.29, 1.82) is 0 Å². The number of pyridine rings is 1. The molecule has 0 aromatic carbocycles. The first-order valence-electron chi connectivity index (χ1n) is 8.76. The van der Waals surface area contributed by atoms with E-state index in [9.17, 15) is 9.59 Å². The lowest BCUT2D eigenvalue weighted by Gasteiger charge is -2.38. The van der Waals surface area contributed by atoms with Crippen LogP contribution in [0.5, 0.6) is 0 Å². The standard InChI is InChI=1S/C18H19ClN4O4S/c1-9-14(19)10-3-6-23(16(24)15(10)21-9)11-4-5-22(8-12(11)27-2)18-20-7-13(28-18)17(25)26/h3,6-7,11-12,21H,4-5,8H2,1-2H3,(H,25,26)/t11-,12-/m0/s1. The van der Waals surface area contributed by atoms with Gasteiger partial charge in [-0.3, -0.25) is 4.79 Å². The van der Waals surface area contributed by atoms with E-state index in [1.807, 2.05) is 17.9 Å². The Morgan fingerprint density at radius 1 is 1.50 bits per heavy atom. The van der Waals surface area contributed by atoms with Crippen molar-refractivity contribution in [2.75, 3.05) is 25.1 Å². The zero-order chi connectivity index (χ0) is 20.0. The lowest BCUT2D eigenvalue weighted by molar-refractivity contribution is 0.0463. The molecule has 28 heavy (non-hydrogen) atoms. The number of piperidine rings is 1. The van der Waals surface area contributed by atoms with Crippen molar-refractivity contribution in [3.63, 3.8) is 0 Å². The van der Waals surface area contributed by atoms with E-state index < -0.39 is 5.97 Å². The van der Waals surface area contributed by atoms with E-state index in [0.717, 1.165) is 22.4 Å². The third-order valence-electron chi connectivity index (χ3n) is 5.16. The van der Waals surface area contributed by atoms with Gasteiger partial charge in [0.05, 0.1) is 23.4 Å². The van der Waals surface area contributed by atoms with Crippen molar-refractivity contribution >= 4 is 44.9 Å².